The summed E-state index contributed by atoms with van der Waals surface area (Å²) in [6.45, 7) is 1.40. The number of methoxy groups -OCH3 is 2. The number of aromatic hydroxyl groups is 2. The zero-order chi connectivity index (χ0) is 21.0. The quantitative estimate of drug-likeness (QED) is 0.579. The highest BCUT2D eigenvalue weighted by molar-refractivity contribution is 5.98. The first kappa shape index (κ1) is 20.3. The predicted molar refractivity (Wildman–Crippen MR) is 111 cm³/mol. The van der Waals surface area contributed by atoms with Gasteiger partial charge >= 0.3 is 0 Å². The molecule has 0 aliphatic heterocycles. The van der Waals surface area contributed by atoms with E-state index in [1.807, 2.05) is 48.5 Å². The molecule has 29 heavy (non-hydrogen) atoms. The Bertz CT molecular complexity index is 1000. The number of hydrogen-bond donors (Lipinski definition) is 2. The van der Waals surface area contributed by atoms with E-state index in [1.54, 1.807) is 20.3 Å². The lowest BCUT2D eigenvalue weighted by molar-refractivity contribution is 0.101. The lowest BCUT2D eigenvalue weighted by Gasteiger charge is -2.15. The third-order valence-electron chi connectivity index (χ3n) is 4.92. The molecule has 0 saturated carbocycles. The van der Waals surface area contributed by atoms with Gasteiger partial charge in [-0.1, -0.05) is 24.3 Å². The number of ether oxygens (including phenoxy) is 2. The van der Waals surface area contributed by atoms with Crippen molar-refractivity contribution in [2.45, 2.75) is 19.8 Å². The third kappa shape index (κ3) is 4.51. The number of phenols is 2. The number of Topliss-reactive ketones (excluding diaryl/α,β-unsaturated/α-hetero) is 1. The summed E-state index contributed by atoms with van der Waals surface area (Å²) in [5.41, 5.74) is 2.96. The van der Waals surface area contributed by atoms with Crippen molar-refractivity contribution in [1.82, 2.24) is 0 Å². The van der Waals surface area contributed by atoms with E-state index in [4.69, 9.17) is 9.47 Å². The summed E-state index contributed by atoms with van der Waals surface area (Å²) in [6, 6.07) is 16.4. The Morgan fingerprint density at radius 2 is 1.28 bits per heavy atom. The number of carbonyl (C=O) groups is 1. The fraction of sp³-hybridized carbons (Fsp3) is 0.208. The summed E-state index contributed by atoms with van der Waals surface area (Å²) in [4.78, 5) is 12.1. The van der Waals surface area contributed by atoms with Gasteiger partial charge in [0.05, 0.1) is 19.8 Å². The predicted octanol–water partition coefficient (Wildman–Crippen LogP) is 4.50. The number of ketones is 1. The molecule has 0 bridgehead atoms. The standard InChI is InChI=1S/C24H24O5/c1-15(25)21-14-18(12-16-4-8-19(28-2)9-5-16)23(26)22(24(21)27)13-17-6-10-20(29-3)11-7-17/h4-11,14,26-27H,12-13H2,1-3H3. The van der Waals surface area contributed by atoms with Crippen molar-refractivity contribution in [3.63, 3.8) is 0 Å². The second-order valence-electron chi connectivity index (χ2n) is 6.86. The lowest BCUT2D eigenvalue weighted by atomic mass is 9.92. The van der Waals surface area contributed by atoms with E-state index in [2.05, 4.69) is 0 Å². The van der Waals surface area contributed by atoms with Gasteiger partial charge < -0.3 is 19.7 Å². The average Bonchev–Trinajstić information content (AvgIpc) is 2.73. The number of benzene rings is 3. The van der Waals surface area contributed by atoms with E-state index in [0.717, 1.165) is 22.6 Å². The first-order valence-electron chi connectivity index (χ1n) is 9.26. The molecule has 0 radical (unpaired) electrons. The zero-order valence-corrected chi connectivity index (χ0v) is 16.7. The molecule has 0 amide bonds. The van der Waals surface area contributed by atoms with Gasteiger partial charge in [0.1, 0.15) is 23.0 Å². The molecule has 0 spiro atoms. The molecular weight excluding hydrogens is 368 g/mol. The Kier molecular flexibility index (Phi) is 6.07. The van der Waals surface area contributed by atoms with Crippen molar-refractivity contribution in [2.24, 2.45) is 0 Å². The lowest BCUT2D eigenvalue weighted by Crippen LogP contribution is -2.02. The van der Waals surface area contributed by atoms with Crippen LogP contribution >= 0.6 is 0 Å². The second-order valence-corrected chi connectivity index (χ2v) is 6.86. The van der Waals surface area contributed by atoms with Gasteiger partial charge in [0.15, 0.2) is 5.78 Å². The van der Waals surface area contributed by atoms with Crippen LogP contribution in [-0.4, -0.2) is 30.2 Å². The first-order chi connectivity index (χ1) is 13.9. The SMILES string of the molecule is COc1ccc(Cc2cc(C(C)=O)c(O)c(Cc3ccc(OC)cc3)c2O)cc1. The van der Waals surface area contributed by atoms with Crippen molar-refractivity contribution in [3.05, 3.63) is 82.4 Å². The highest BCUT2D eigenvalue weighted by atomic mass is 16.5. The topological polar surface area (TPSA) is 76.0 Å². The van der Waals surface area contributed by atoms with E-state index in [-0.39, 0.29) is 22.8 Å². The van der Waals surface area contributed by atoms with Crippen molar-refractivity contribution in [2.75, 3.05) is 14.2 Å². The maximum atomic E-state index is 12.1. The van der Waals surface area contributed by atoms with E-state index < -0.39 is 0 Å². The molecule has 0 heterocycles. The van der Waals surface area contributed by atoms with Gasteiger partial charge in [0.25, 0.3) is 0 Å². The summed E-state index contributed by atoms with van der Waals surface area (Å²) in [6.07, 6.45) is 0.713. The molecule has 3 aromatic carbocycles. The molecule has 0 atom stereocenters. The number of hydrogen-bond acceptors (Lipinski definition) is 5. The largest absolute Gasteiger partial charge is 0.507 e. The molecule has 3 rings (SSSR count). The molecule has 5 heteroatoms. The molecule has 0 aliphatic rings. The number of carbonyl (C=O) groups excluding carboxylic acids is 1. The molecule has 3 aromatic rings. The third-order valence-corrected chi connectivity index (χ3v) is 4.92. The average molecular weight is 392 g/mol. The highest BCUT2D eigenvalue weighted by Gasteiger charge is 2.20. The molecule has 0 saturated heterocycles. The monoisotopic (exact) mass is 392 g/mol. The van der Waals surface area contributed by atoms with Crippen LogP contribution in [0.15, 0.2) is 54.6 Å². The van der Waals surface area contributed by atoms with Crippen LogP contribution in [0, 0.1) is 0 Å². The van der Waals surface area contributed by atoms with Gasteiger partial charge in [0, 0.05) is 18.4 Å². The Morgan fingerprint density at radius 3 is 1.72 bits per heavy atom. The first-order valence-corrected chi connectivity index (χ1v) is 9.26. The van der Waals surface area contributed by atoms with E-state index in [9.17, 15) is 15.0 Å². The Hall–Kier alpha value is -3.47. The summed E-state index contributed by atoms with van der Waals surface area (Å²) in [5, 5.41) is 21.5. The Balaban J connectivity index is 2.00. The maximum Gasteiger partial charge on any atom is 0.163 e. The fourth-order valence-corrected chi connectivity index (χ4v) is 3.26. The van der Waals surface area contributed by atoms with Crippen molar-refractivity contribution >= 4 is 5.78 Å². The Labute approximate surface area is 170 Å². The number of rotatable bonds is 7. The Morgan fingerprint density at radius 1 is 0.793 bits per heavy atom. The van der Waals surface area contributed by atoms with Crippen LogP contribution in [0.25, 0.3) is 0 Å². The molecule has 0 aliphatic carbocycles. The number of phenolic OH excluding ortho intramolecular Hbond substituents is 2. The molecular formula is C24H24O5. The van der Waals surface area contributed by atoms with Crippen molar-refractivity contribution in [1.29, 1.82) is 0 Å². The van der Waals surface area contributed by atoms with Gasteiger partial charge in [0.2, 0.25) is 0 Å². The molecule has 150 valence electrons. The van der Waals surface area contributed by atoms with Gasteiger partial charge in [-0.15, -0.1) is 0 Å². The fourth-order valence-electron chi connectivity index (χ4n) is 3.26. The van der Waals surface area contributed by atoms with Crippen LogP contribution in [0.2, 0.25) is 0 Å². The van der Waals surface area contributed by atoms with Crippen LogP contribution in [0.5, 0.6) is 23.0 Å². The smallest absolute Gasteiger partial charge is 0.163 e. The van der Waals surface area contributed by atoms with Gasteiger partial charge in [-0.3, -0.25) is 4.79 Å². The van der Waals surface area contributed by atoms with Gasteiger partial charge in [-0.2, -0.15) is 0 Å². The van der Waals surface area contributed by atoms with Crippen LogP contribution in [0.3, 0.4) is 0 Å². The van der Waals surface area contributed by atoms with Gasteiger partial charge in [-0.25, -0.2) is 0 Å². The highest BCUT2D eigenvalue weighted by Crippen LogP contribution is 2.37. The van der Waals surface area contributed by atoms with Crippen molar-refractivity contribution < 1.29 is 24.5 Å². The minimum Gasteiger partial charge on any atom is -0.507 e. The molecule has 2 N–H and O–H groups in total. The van der Waals surface area contributed by atoms with E-state index in [0.29, 0.717) is 24.0 Å². The van der Waals surface area contributed by atoms with Crippen LogP contribution in [-0.2, 0) is 12.8 Å². The minimum absolute atomic E-state index is 0.000800. The summed E-state index contributed by atoms with van der Waals surface area (Å²) >= 11 is 0. The molecule has 0 unspecified atom stereocenters. The van der Waals surface area contributed by atoms with Gasteiger partial charge in [-0.05, 0) is 53.9 Å². The van der Waals surface area contributed by atoms with Crippen LogP contribution in [0.4, 0.5) is 0 Å². The zero-order valence-electron chi connectivity index (χ0n) is 16.7. The van der Waals surface area contributed by atoms with E-state index in [1.165, 1.54) is 6.92 Å². The van der Waals surface area contributed by atoms with Crippen LogP contribution < -0.4 is 9.47 Å². The molecule has 5 nitrogen and oxygen atoms in total. The van der Waals surface area contributed by atoms with Crippen LogP contribution in [0.1, 0.15) is 39.5 Å². The second kappa shape index (κ2) is 8.69. The van der Waals surface area contributed by atoms with Crippen molar-refractivity contribution in [3.8, 4) is 23.0 Å². The van der Waals surface area contributed by atoms with E-state index >= 15 is 0 Å². The summed E-state index contributed by atoms with van der Waals surface area (Å²) in [7, 11) is 3.19. The summed E-state index contributed by atoms with van der Waals surface area (Å²) in [5.74, 6) is 1.03. The normalized spacial score (nSPS) is 10.6. The minimum atomic E-state index is -0.255. The molecule has 0 fully saturated rings. The summed E-state index contributed by atoms with van der Waals surface area (Å²) < 4.78 is 10.3. The maximum absolute atomic E-state index is 12.1. The molecule has 0 aromatic heterocycles.